The maximum atomic E-state index is 10.7. The molecule has 0 fully saturated rings. The van der Waals surface area contributed by atoms with Crippen molar-refractivity contribution in [1.29, 1.82) is 0 Å². The van der Waals surface area contributed by atoms with E-state index in [1.165, 1.54) is 16.5 Å². The molecule has 7 heteroatoms. The fourth-order valence-electron chi connectivity index (χ4n) is 1.59. The van der Waals surface area contributed by atoms with Gasteiger partial charge in [0.05, 0.1) is 23.4 Å². The second kappa shape index (κ2) is 6.16. The highest BCUT2D eigenvalue weighted by atomic mass is 32.1. The topological polar surface area (TPSA) is 67.6 Å². The Morgan fingerprint density at radius 2 is 1.95 bits per heavy atom. The van der Waals surface area contributed by atoms with E-state index < -0.39 is 4.92 Å². The van der Waals surface area contributed by atoms with Crippen LogP contribution in [0.1, 0.15) is 0 Å². The second-order valence-corrected chi connectivity index (χ2v) is 4.33. The summed E-state index contributed by atoms with van der Waals surface area (Å²) in [5, 5.41) is 10.7. The van der Waals surface area contributed by atoms with Crippen LogP contribution < -0.4 is 14.6 Å². The average molecular weight is 291 g/mol. The van der Waals surface area contributed by atoms with Crippen molar-refractivity contribution in [3.8, 4) is 5.75 Å². The van der Waals surface area contributed by atoms with Gasteiger partial charge in [-0.15, -0.1) is 0 Å². The van der Waals surface area contributed by atoms with E-state index in [1.54, 1.807) is 31.4 Å². The number of nitro groups is 1. The van der Waals surface area contributed by atoms with E-state index >= 15 is 0 Å². The number of methoxy groups -OCH3 is 1. The summed E-state index contributed by atoms with van der Waals surface area (Å²) in [6.07, 6.45) is 0. The second-order valence-electron chi connectivity index (χ2n) is 3.93. The van der Waals surface area contributed by atoms with Crippen LogP contribution in [0.5, 0.6) is 5.75 Å². The Bertz CT molecular complexity index is 604. The summed E-state index contributed by atoms with van der Waals surface area (Å²) in [5.74, 6) is 0.747. The fraction of sp³-hybridized carbons (Fsp3) is 0.0769. The number of rotatable bonds is 5. The lowest BCUT2D eigenvalue weighted by atomic mass is 10.3. The van der Waals surface area contributed by atoms with Gasteiger partial charge in [0.25, 0.3) is 5.69 Å². The lowest BCUT2D eigenvalue weighted by Gasteiger charge is -2.19. The van der Waals surface area contributed by atoms with Crippen LogP contribution in [-0.4, -0.2) is 12.0 Å². The summed E-state index contributed by atoms with van der Waals surface area (Å²) in [5.41, 5.74) is 4.36. The van der Waals surface area contributed by atoms with Gasteiger partial charge in [-0.1, -0.05) is 6.07 Å². The van der Waals surface area contributed by atoms with Gasteiger partial charge in [-0.25, -0.2) is 4.41 Å². The summed E-state index contributed by atoms with van der Waals surface area (Å²) < 4.78 is 6.48. The number of hydrogen-bond acceptors (Lipinski definition) is 6. The minimum Gasteiger partial charge on any atom is -0.497 e. The maximum Gasteiger partial charge on any atom is 0.271 e. The van der Waals surface area contributed by atoms with Crippen molar-refractivity contribution in [1.82, 2.24) is 0 Å². The molecule has 1 N–H and O–H groups in total. The smallest absolute Gasteiger partial charge is 0.271 e. The molecule has 0 bridgehead atoms. The Hall–Kier alpha value is -2.41. The van der Waals surface area contributed by atoms with Gasteiger partial charge in [0.2, 0.25) is 0 Å². The van der Waals surface area contributed by atoms with E-state index in [-0.39, 0.29) is 5.69 Å². The van der Waals surface area contributed by atoms with Gasteiger partial charge in [-0.2, -0.15) is 0 Å². The Kier molecular flexibility index (Phi) is 4.31. The van der Waals surface area contributed by atoms with Gasteiger partial charge < -0.3 is 4.74 Å². The molecule has 0 aliphatic carbocycles. The van der Waals surface area contributed by atoms with E-state index in [0.29, 0.717) is 5.69 Å². The number of anilines is 2. The fourth-order valence-corrected chi connectivity index (χ4v) is 1.83. The number of nitro benzene ring substituents is 1. The molecule has 0 unspecified atom stereocenters. The minimum atomic E-state index is -0.446. The highest BCUT2D eigenvalue weighted by Gasteiger charge is 2.09. The number of nitrogens with zero attached hydrogens (tertiary/aromatic N) is 2. The number of non-ortho nitro benzene ring substituents is 1. The lowest BCUT2D eigenvalue weighted by molar-refractivity contribution is -0.384. The third-order valence-electron chi connectivity index (χ3n) is 2.61. The Labute approximate surface area is 121 Å². The van der Waals surface area contributed by atoms with E-state index in [0.717, 1.165) is 11.4 Å². The molecule has 20 heavy (non-hydrogen) atoms. The van der Waals surface area contributed by atoms with Crippen molar-refractivity contribution in [2.75, 3.05) is 16.9 Å². The van der Waals surface area contributed by atoms with Gasteiger partial charge in [0.15, 0.2) is 0 Å². The number of hydrogen-bond donors (Lipinski definition) is 2. The van der Waals surface area contributed by atoms with Crippen molar-refractivity contribution in [3.63, 3.8) is 0 Å². The zero-order valence-electron chi connectivity index (χ0n) is 10.7. The number of nitrogens with one attached hydrogen (secondary N) is 1. The van der Waals surface area contributed by atoms with Gasteiger partial charge in [-0.05, 0) is 43.1 Å². The summed E-state index contributed by atoms with van der Waals surface area (Å²) >= 11 is 4.26. The van der Waals surface area contributed by atoms with Crippen molar-refractivity contribution >= 4 is 29.9 Å². The maximum absolute atomic E-state index is 10.7. The van der Waals surface area contributed by atoms with Crippen LogP contribution >= 0.6 is 12.8 Å². The van der Waals surface area contributed by atoms with Crippen LogP contribution in [0.3, 0.4) is 0 Å². The predicted molar refractivity (Wildman–Crippen MR) is 81.2 cm³/mol. The molecule has 0 heterocycles. The molecule has 104 valence electrons. The molecular formula is C13H13N3O3S. The van der Waals surface area contributed by atoms with Gasteiger partial charge >= 0.3 is 0 Å². The van der Waals surface area contributed by atoms with Crippen molar-refractivity contribution < 1.29 is 9.66 Å². The van der Waals surface area contributed by atoms with Crippen LogP contribution in [0.2, 0.25) is 0 Å². The summed E-state index contributed by atoms with van der Waals surface area (Å²) in [4.78, 5) is 10.3. The summed E-state index contributed by atoms with van der Waals surface area (Å²) in [6, 6.07) is 13.4. The first kappa shape index (κ1) is 14.0. The first-order valence-electron chi connectivity index (χ1n) is 5.74. The first-order valence-corrected chi connectivity index (χ1v) is 6.14. The minimum absolute atomic E-state index is 0.0121. The molecule has 0 radical (unpaired) electrons. The summed E-state index contributed by atoms with van der Waals surface area (Å²) in [7, 11) is 1.59. The molecule has 0 atom stereocenters. The SMILES string of the molecule is COc1ccc(NN(S)c2cccc([N+](=O)[O-])c2)cc1. The standard InChI is InChI=1S/C13H13N3O3S/c1-19-13-7-5-10(6-8-13)14-15(20)11-3-2-4-12(9-11)16(17)18/h2-9,14,20H,1H3. The average Bonchev–Trinajstić information content (AvgIpc) is 2.48. The third-order valence-corrected chi connectivity index (χ3v) is 2.94. The predicted octanol–water partition coefficient (Wildman–Crippen LogP) is 3.28. The van der Waals surface area contributed by atoms with Gasteiger partial charge in [0, 0.05) is 12.1 Å². The number of ether oxygens (including phenoxy) is 1. The molecule has 0 saturated carbocycles. The van der Waals surface area contributed by atoms with E-state index in [2.05, 4.69) is 18.2 Å². The molecule has 0 spiro atoms. The Morgan fingerprint density at radius 1 is 1.25 bits per heavy atom. The molecule has 0 aliphatic rings. The molecular weight excluding hydrogens is 278 g/mol. The molecule has 6 nitrogen and oxygen atoms in total. The van der Waals surface area contributed by atoms with Crippen LogP contribution in [0, 0.1) is 10.1 Å². The highest BCUT2D eigenvalue weighted by molar-refractivity contribution is 7.81. The normalized spacial score (nSPS) is 9.90. The van der Waals surface area contributed by atoms with Crippen LogP contribution in [0.25, 0.3) is 0 Å². The van der Waals surface area contributed by atoms with Crippen LogP contribution in [-0.2, 0) is 0 Å². The van der Waals surface area contributed by atoms with Crippen molar-refractivity contribution in [3.05, 3.63) is 58.6 Å². The van der Waals surface area contributed by atoms with Crippen molar-refractivity contribution in [2.45, 2.75) is 0 Å². The zero-order chi connectivity index (χ0) is 14.5. The Balaban J connectivity index is 2.12. The Morgan fingerprint density at radius 3 is 2.55 bits per heavy atom. The molecule has 0 aromatic heterocycles. The van der Waals surface area contributed by atoms with Crippen LogP contribution in [0.15, 0.2) is 48.5 Å². The van der Waals surface area contributed by atoms with Gasteiger partial charge in [0.1, 0.15) is 5.75 Å². The number of hydrazine groups is 1. The quantitative estimate of drug-likeness (QED) is 0.502. The number of thiol groups is 1. The van der Waals surface area contributed by atoms with E-state index in [4.69, 9.17) is 4.74 Å². The number of benzene rings is 2. The monoisotopic (exact) mass is 291 g/mol. The van der Waals surface area contributed by atoms with Crippen molar-refractivity contribution in [2.24, 2.45) is 0 Å². The summed E-state index contributed by atoms with van der Waals surface area (Å²) in [6.45, 7) is 0. The van der Waals surface area contributed by atoms with E-state index in [1.807, 2.05) is 12.1 Å². The molecule has 0 aliphatic heterocycles. The molecule has 2 rings (SSSR count). The first-order chi connectivity index (χ1) is 9.60. The third kappa shape index (κ3) is 3.33. The van der Waals surface area contributed by atoms with Crippen LogP contribution in [0.4, 0.5) is 17.1 Å². The zero-order valence-corrected chi connectivity index (χ0v) is 11.6. The molecule has 2 aromatic rings. The largest absolute Gasteiger partial charge is 0.497 e. The van der Waals surface area contributed by atoms with E-state index in [9.17, 15) is 10.1 Å². The molecule has 0 amide bonds. The van der Waals surface area contributed by atoms with Gasteiger partial charge in [-0.3, -0.25) is 15.5 Å². The molecule has 2 aromatic carbocycles. The highest BCUT2D eigenvalue weighted by Crippen LogP contribution is 2.24. The lowest BCUT2D eigenvalue weighted by Crippen LogP contribution is -2.18. The molecule has 0 saturated heterocycles.